The van der Waals surface area contributed by atoms with Crippen LogP contribution in [0.1, 0.15) is 19.3 Å². The van der Waals surface area contributed by atoms with Gasteiger partial charge in [0.1, 0.15) is 0 Å². The Morgan fingerprint density at radius 1 is 1.20 bits per heavy atom. The van der Waals surface area contributed by atoms with Crippen LogP contribution < -0.4 is 0 Å². The highest BCUT2D eigenvalue weighted by molar-refractivity contribution is 9.09. The molecule has 2 heterocycles. The molecule has 4 nitrogen and oxygen atoms in total. The third-order valence-electron chi connectivity index (χ3n) is 4.18. The van der Waals surface area contributed by atoms with E-state index in [1.165, 1.54) is 0 Å². The average molecular weight is 360 g/mol. The zero-order chi connectivity index (χ0) is 14.2. The second-order valence-electron chi connectivity index (χ2n) is 5.51. The number of rotatable bonds is 2. The van der Waals surface area contributed by atoms with Gasteiger partial charge in [0.2, 0.25) is 10.0 Å². The van der Waals surface area contributed by atoms with Crippen LogP contribution in [0.2, 0.25) is 0 Å². The highest BCUT2D eigenvalue weighted by atomic mass is 79.9. The zero-order valence-corrected chi connectivity index (χ0v) is 13.6. The molecular weight excluding hydrogens is 342 g/mol. The number of hydrogen-bond acceptors (Lipinski definition) is 3. The van der Waals surface area contributed by atoms with E-state index in [9.17, 15) is 8.42 Å². The van der Waals surface area contributed by atoms with Gasteiger partial charge in [-0.15, -0.1) is 0 Å². The fourth-order valence-electron chi connectivity index (χ4n) is 3.01. The molecule has 1 spiro atoms. The van der Waals surface area contributed by atoms with Crippen molar-refractivity contribution in [1.82, 2.24) is 4.31 Å². The second kappa shape index (κ2) is 5.40. The van der Waals surface area contributed by atoms with Crippen LogP contribution in [-0.4, -0.2) is 42.8 Å². The minimum Gasteiger partial charge on any atom is -0.374 e. The fraction of sp³-hybridized carbons (Fsp3) is 0.571. The summed E-state index contributed by atoms with van der Waals surface area (Å²) >= 11 is 3.58. The van der Waals surface area contributed by atoms with Gasteiger partial charge in [-0.3, -0.25) is 0 Å². The van der Waals surface area contributed by atoms with E-state index in [1.807, 2.05) is 6.07 Å². The van der Waals surface area contributed by atoms with Crippen molar-refractivity contribution in [2.45, 2.75) is 34.6 Å². The summed E-state index contributed by atoms with van der Waals surface area (Å²) in [6.07, 6.45) is 2.54. The zero-order valence-electron chi connectivity index (χ0n) is 11.2. The van der Waals surface area contributed by atoms with Gasteiger partial charge in [-0.2, -0.15) is 4.31 Å². The van der Waals surface area contributed by atoms with Crippen LogP contribution in [0.4, 0.5) is 0 Å². The smallest absolute Gasteiger partial charge is 0.243 e. The van der Waals surface area contributed by atoms with Gasteiger partial charge in [0, 0.05) is 17.9 Å². The molecule has 0 unspecified atom stereocenters. The number of hydrogen-bond donors (Lipinski definition) is 0. The Bertz CT molecular complexity index is 567. The van der Waals surface area contributed by atoms with E-state index in [0.717, 1.165) is 25.9 Å². The Morgan fingerprint density at radius 2 is 1.85 bits per heavy atom. The molecule has 0 amide bonds. The number of sulfonamides is 1. The Balaban J connectivity index is 1.72. The van der Waals surface area contributed by atoms with Crippen LogP contribution in [0.5, 0.6) is 0 Å². The number of piperidine rings is 1. The molecule has 2 saturated heterocycles. The summed E-state index contributed by atoms with van der Waals surface area (Å²) in [4.78, 5) is 0.779. The van der Waals surface area contributed by atoms with E-state index in [-0.39, 0.29) is 5.60 Å². The molecule has 110 valence electrons. The Labute approximate surface area is 128 Å². The monoisotopic (exact) mass is 359 g/mol. The Morgan fingerprint density at radius 3 is 2.40 bits per heavy atom. The maximum atomic E-state index is 12.5. The van der Waals surface area contributed by atoms with Crippen molar-refractivity contribution in [2.75, 3.05) is 19.7 Å². The number of nitrogens with zero attached hydrogens (tertiary/aromatic N) is 1. The second-order valence-corrected chi connectivity index (χ2v) is 8.75. The van der Waals surface area contributed by atoms with Crippen LogP contribution in [0.15, 0.2) is 35.2 Å². The summed E-state index contributed by atoms with van der Waals surface area (Å²) in [5.74, 6) is 0. The molecule has 0 N–H and O–H groups in total. The summed E-state index contributed by atoms with van der Waals surface area (Å²) in [6, 6.07) is 8.65. The normalized spacial score (nSPS) is 26.9. The van der Waals surface area contributed by atoms with Crippen LogP contribution in [-0.2, 0) is 14.8 Å². The topological polar surface area (TPSA) is 46.6 Å². The quantitative estimate of drug-likeness (QED) is 0.761. The molecule has 0 aromatic heterocycles. The molecule has 2 aliphatic heterocycles. The molecule has 1 atom stereocenters. The van der Waals surface area contributed by atoms with E-state index in [4.69, 9.17) is 4.74 Å². The van der Waals surface area contributed by atoms with Crippen LogP contribution >= 0.6 is 15.9 Å². The molecule has 0 radical (unpaired) electrons. The van der Waals surface area contributed by atoms with Crippen molar-refractivity contribution in [3.63, 3.8) is 0 Å². The SMILES string of the molecule is O=S(=O)(c1ccccc1)N1CCC2(CC1)C[C@@H](Br)CO2. The lowest BCUT2D eigenvalue weighted by Crippen LogP contribution is -2.46. The number of alkyl halides is 1. The molecule has 0 aliphatic carbocycles. The van der Waals surface area contributed by atoms with E-state index in [2.05, 4.69) is 15.9 Å². The summed E-state index contributed by atoms with van der Waals surface area (Å²) in [7, 11) is -3.36. The first-order chi connectivity index (χ1) is 9.52. The van der Waals surface area contributed by atoms with E-state index in [1.54, 1.807) is 28.6 Å². The molecule has 3 rings (SSSR count). The summed E-state index contributed by atoms with van der Waals surface area (Å²) in [6.45, 7) is 1.80. The highest BCUT2D eigenvalue weighted by Crippen LogP contribution is 2.39. The lowest BCUT2D eigenvalue weighted by atomic mass is 9.90. The summed E-state index contributed by atoms with van der Waals surface area (Å²) < 4.78 is 32.5. The number of benzene rings is 1. The third-order valence-corrected chi connectivity index (χ3v) is 6.68. The molecule has 0 bridgehead atoms. The van der Waals surface area contributed by atoms with Gasteiger partial charge >= 0.3 is 0 Å². The molecule has 20 heavy (non-hydrogen) atoms. The van der Waals surface area contributed by atoms with E-state index < -0.39 is 10.0 Å². The van der Waals surface area contributed by atoms with Gasteiger partial charge in [-0.25, -0.2) is 8.42 Å². The van der Waals surface area contributed by atoms with Gasteiger partial charge in [0.15, 0.2) is 0 Å². The lowest BCUT2D eigenvalue weighted by molar-refractivity contribution is -0.0308. The molecule has 1 aromatic rings. The minimum absolute atomic E-state index is 0.114. The molecule has 0 saturated carbocycles. The van der Waals surface area contributed by atoms with Crippen molar-refractivity contribution in [1.29, 1.82) is 0 Å². The average Bonchev–Trinajstić information content (AvgIpc) is 2.81. The maximum Gasteiger partial charge on any atom is 0.243 e. The van der Waals surface area contributed by atoms with Crippen LogP contribution in [0.3, 0.4) is 0 Å². The largest absolute Gasteiger partial charge is 0.374 e. The third kappa shape index (κ3) is 2.66. The lowest BCUT2D eigenvalue weighted by Gasteiger charge is -2.37. The van der Waals surface area contributed by atoms with Crippen molar-refractivity contribution in [2.24, 2.45) is 0 Å². The Hall–Kier alpha value is -0.430. The predicted molar refractivity (Wildman–Crippen MR) is 80.4 cm³/mol. The molecule has 1 aromatic carbocycles. The molecular formula is C14H18BrNO3S. The van der Waals surface area contributed by atoms with Crippen LogP contribution in [0, 0.1) is 0 Å². The van der Waals surface area contributed by atoms with Gasteiger partial charge in [0.05, 0.1) is 17.1 Å². The first kappa shape index (κ1) is 14.5. The fourth-order valence-corrected chi connectivity index (χ4v) is 5.20. The number of halogens is 1. The standard InChI is InChI=1S/C14H18BrNO3S/c15-12-10-14(19-11-12)6-8-16(9-7-14)20(17,18)13-4-2-1-3-5-13/h1-5,12H,6-11H2/t12-/m1/s1. The first-order valence-corrected chi connectivity index (χ1v) is 9.21. The molecule has 2 fully saturated rings. The van der Waals surface area contributed by atoms with Gasteiger partial charge in [-0.1, -0.05) is 34.1 Å². The van der Waals surface area contributed by atoms with Crippen molar-refractivity contribution in [3.05, 3.63) is 30.3 Å². The van der Waals surface area contributed by atoms with Crippen LogP contribution in [0.25, 0.3) is 0 Å². The van der Waals surface area contributed by atoms with E-state index in [0.29, 0.717) is 22.8 Å². The first-order valence-electron chi connectivity index (χ1n) is 6.85. The summed E-state index contributed by atoms with van der Waals surface area (Å²) in [5, 5.41) is 0. The van der Waals surface area contributed by atoms with Crippen molar-refractivity contribution in [3.8, 4) is 0 Å². The molecule has 6 heteroatoms. The van der Waals surface area contributed by atoms with E-state index >= 15 is 0 Å². The Kier molecular flexibility index (Phi) is 3.92. The van der Waals surface area contributed by atoms with Gasteiger partial charge < -0.3 is 4.74 Å². The maximum absolute atomic E-state index is 12.5. The van der Waals surface area contributed by atoms with Gasteiger partial charge in [-0.05, 0) is 31.4 Å². The number of ether oxygens (including phenoxy) is 1. The summed E-state index contributed by atoms with van der Waals surface area (Å²) in [5.41, 5.74) is -0.114. The minimum atomic E-state index is -3.36. The molecule has 2 aliphatic rings. The highest BCUT2D eigenvalue weighted by Gasteiger charge is 2.44. The van der Waals surface area contributed by atoms with Crippen molar-refractivity contribution >= 4 is 26.0 Å². The van der Waals surface area contributed by atoms with Crippen molar-refractivity contribution < 1.29 is 13.2 Å². The predicted octanol–water partition coefficient (Wildman–Crippen LogP) is 2.39. The van der Waals surface area contributed by atoms with Gasteiger partial charge in [0.25, 0.3) is 0 Å².